The number of hydrazone groups is 1. The molecule has 0 spiro atoms. The molecule has 0 heterocycles. The quantitative estimate of drug-likeness (QED) is 0.514. The van der Waals surface area contributed by atoms with E-state index in [-0.39, 0.29) is 17.1 Å². The van der Waals surface area contributed by atoms with Crippen LogP contribution in [0.1, 0.15) is 15.9 Å². The number of hydrogen-bond acceptors (Lipinski definition) is 4. The molecule has 0 saturated carbocycles. The molecule has 0 fully saturated rings. The third-order valence-corrected chi connectivity index (χ3v) is 3.38. The number of nitrogens with one attached hydrogen (secondary N) is 1. The predicted octanol–water partition coefficient (Wildman–Crippen LogP) is 3.01. The van der Waals surface area contributed by atoms with Crippen LogP contribution in [0.15, 0.2) is 65.8 Å². The van der Waals surface area contributed by atoms with Gasteiger partial charge in [0, 0.05) is 0 Å². The fraction of sp³-hybridized carbons (Fsp3) is 0. The Bertz CT molecular complexity index is 886. The van der Waals surface area contributed by atoms with Gasteiger partial charge in [-0.25, -0.2) is 5.43 Å². The van der Waals surface area contributed by atoms with E-state index in [0.29, 0.717) is 0 Å². The van der Waals surface area contributed by atoms with E-state index in [1.54, 1.807) is 24.3 Å². The van der Waals surface area contributed by atoms with Gasteiger partial charge in [0.15, 0.2) is 0 Å². The number of aromatic hydroxyl groups is 2. The first-order chi connectivity index (χ1) is 11.1. The summed E-state index contributed by atoms with van der Waals surface area (Å²) in [7, 11) is 0. The fourth-order valence-corrected chi connectivity index (χ4v) is 2.20. The van der Waals surface area contributed by atoms with Gasteiger partial charge in [-0.2, -0.15) is 5.10 Å². The number of rotatable bonds is 3. The normalized spacial score (nSPS) is 11.0. The Hall–Kier alpha value is -3.34. The number of hydrogen-bond donors (Lipinski definition) is 3. The molecule has 3 aromatic rings. The molecule has 0 aliphatic rings. The molecule has 0 aliphatic carbocycles. The lowest BCUT2D eigenvalue weighted by Gasteiger charge is -2.05. The van der Waals surface area contributed by atoms with Crippen LogP contribution >= 0.6 is 0 Å². The van der Waals surface area contributed by atoms with E-state index >= 15 is 0 Å². The Morgan fingerprint density at radius 1 is 0.957 bits per heavy atom. The highest BCUT2D eigenvalue weighted by molar-refractivity contribution is 6.01. The number of amides is 1. The predicted molar refractivity (Wildman–Crippen MR) is 88.8 cm³/mol. The lowest BCUT2D eigenvalue weighted by molar-refractivity contribution is 0.0952. The van der Waals surface area contributed by atoms with Gasteiger partial charge in [0.2, 0.25) is 0 Å². The Labute approximate surface area is 132 Å². The molecule has 3 rings (SSSR count). The second-order valence-electron chi connectivity index (χ2n) is 5.01. The first-order valence-corrected chi connectivity index (χ1v) is 6.98. The Morgan fingerprint density at radius 3 is 2.30 bits per heavy atom. The first-order valence-electron chi connectivity index (χ1n) is 6.98. The van der Waals surface area contributed by atoms with Gasteiger partial charge in [-0.1, -0.05) is 24.3 Å². The van der Waals surface area contributed by atoms with Crippen molar-refractivity contribution in [3.8, 4) is 11.5 Å². The van der Waals surface area contributed by atoms with E-state index in [1.165, 1.54) is 18.3 Å². The van der Waals surface area contributed by atoms with Crippen molar-refractivity contribution in [2.24, 2.45) is 5.10 Å². The topological polar surface area (TPSA) is 81.9 Å². The summed E-state index contributed by atoms with van der Waals surface area (Å²) >= 11 is 0. The highest BCUT2D eigenvalue weighted by Gasteiger charge is 2.11. The molecule has 0 atom stereocenters. The van der Waals surface area contributed by atoms with Crippen LogP contribution in [-0.4, -0.2) is 22.3 Å². The molecule has 0 saturated heterocycles. The molecule has 0 unspecified atom stereocenters. The smallest absolute Gasteiger partial charge is 0.275 e. The van der Waals surface area contributed by atoms with Gasteiger partial charge < -0.3 is 10.2 Å². The van der Waals surface area contributed by atoms with Crippen molar-refractivity contribution in [2.45, 2.75) is 0 Å². The van der Waals surface area contributed by atoms with Crippen LogP contribution in [0.3, 0.4) is 0 Å². The number of benzene rings is 3. The lowest BCUT2D eigenvalue weighted by atomic mass is 10.1. The molecule has 3 N–H and O–H groups in total. The summed E-state index contributed by atoms with van der Waals surface area (Å²) in [4.78, 5) is 12.1. The van der Waals surface area contributed by atoms with Crippen LogP contribution in [-0.2, 0) is 0 Å². The molecule has 1 amide bonds. The van der Waals surface area contributed by atoms with E-state index < -0.39 is 5.91 Å². The average molecular weight is 306 g/mol. The van der Waals surface area contributed by atoms with E-state index in [4.69, 9.17) is 0 Å². The Balaban J connectivity index is 1.78. The fourth-order valence-electron chi connectivity index (χ4n) is 2.20. The molecular weight excluding hydrogens is 292 g/mol. The zero-order valence-corrected chi connectivity index (χ0v) is 12.1. The third-order valence-electron chi connectivity index (χ3n) is 3.38. The van der Waals surface area contributed by atoms with Gasteiger partial charge in [-0.15, -0.1) is 0 Å². The highest BCUT2D eigenvalue weighted by atomic mass is 16.3. The summed E-state index contributed by atoms with van der Waals surface area (Å²) in [5, 5.41) is 24.7. The average Bonchev–Trinajstić information content (AvgIpc) is 2.56. The van der Waals surface area contributed by atoms with Gasteiger partial charge in [-0.3, -0.25) is 4.79 Å². The number of carbonyl (C=O) groups excluding carboxylic acids is 1. The summed E-state index contributed by atoms with van der Waals surface area (Å²) in [5.41, 5.74) is 3.26. The number of nitrogens with zero attached hydrogens (tertiary/aromatic N) is 1. The molecule has 5 nitrogen and oxygen atoms in total. The number of carbonyl (C=O) groups is 1. The highest BCUT2D eigenvalue weighted by Crippen LogP contribution is 2.24. The van der Waals surface area contributed by atoms with Gasteiger partial charge >= 0.3 is 0 Å². The maximum atomic E-state index is 12.1. The van der Waals surface area contributed by atoms with Gasteiger partial charge in [0.1, 0.15) is 11.5 Å². The minimum atomic E-state index is -0.497. The van der Waals surface area contributed by atoms with Crippen LogP contribution in [0.2, 0.25) is 0 Å². The minimum Gasteiger partial charge on any atom is -0.508 e. The van der Waals surface area contributed by atoms with Gasteiger partial charge in [0.25, 0.3) is 5.91 Å². The molecule has 0 radical (unpaired) electrons. The Morgan fingerprint density at radius 2 is 1.61 bits per heavy atom. The number of fused-ring (bicyclic) bond motifs is 1. The SMILES string of the molecule is O=C(N/N=C/c1ccc(O)cc1)c1cc2ccccc2cc1O. The monoisotopic (exact) mass is 306 g/mol. The second kappa shape index (κ2) is 6.19. The van der Waals surface area contributed by atoms with Crippen LogP contribution < -0.4 is 5.43 Å². The third kappa shape index (κ3) is 3.29. The van der Waals surface area contributed by atoms with E-state index in [9.17, 15) is 15.0 Å². The van der Waals surface area contributed by atoms with Crippen molar-refractivity contribution in [2.75, 3.05) is 0 Å². The van der Waals surface area contributed by atoms with Crippen LogP contribution in [0.25, 0.3) is 10.8 Å². The molecule has 0 aliphatic heterocycles. The van der Waals surface area contributed by atoms with Crippen LogP contribution in [0, 0.1) is 0 Å². The largest absolute Gasteiger partial charge is 0.508 e. The lowest BCUT2D eigenvalue weighted by Crippen LogP contribution is -2.17. The van der Waals surface area contributed by atoms with Gasteiger partial charge in [0.05, 0.1) is 11.8 Å². The van der Waals surface area contributed by atoms with Crippen LogP contribution in [0.5, 0.6) is 11.5 Å². The summed E-state index contributed by atoms with van der Waals surface area (Å²) in [5.74, 6) is -0.434. The van der Waals surface area contributed by atoms with Crippen molar-refractivity contribution in [3.63, 3.8) is 0 Å². The van der Waals surface area contributed by atoms with E-state index in [1.807, 2.05) is 24.3 Å². The number of phenols is 2. The molecule has 3 aromatic carbocycles. The minimum absolute atomic E-state index is 0.0963. The first kappa shape index (κ1) is 14.6. The zero-order chi connectivity index (χ0) is 16.2. The summed E-state index contributed by atoms with van der Waals surface area (Å²) in [6.07, 6.45) is 1.45. The summed E-state index contributed by atoms with van der Waals surface area (Å²) in [6.45, 7) is 0. The second-order valence-corrected chi connectivity index (χ2v) is 5.01. The van der Waals surface area contributed by atoms with Crippen molar-refractivity contribution >= 4 is 22.9 Å². The molecule has 23 heavy (non-hydrogen) atoms. The standard InChI is InChI=1S/C18H14N2O3/c21-15-7-5-12(6-8-15)11-19-20-18(23)16-9-13-3-1-2-4-14(13)10-17(16)22/h1-11,21-22H,(H,20,23)/b19-11+. The number of phenolic OH excluding ortho intramolecular Hbond substituents is 2. The van der Waals surface area contributed by atoms with Crippen LogP contribution in [0.4, 0.5) is 0 Å². The van der Waals surface area contributed by atoms with E-state index in [2.05, 4.69) is 10.5 Å². The molecule has 114 valence electrons. The van der Waals surface area contributed by atoms with Gasteiger partial charge in [-0.05, 0) is 52.7 Å². The maximum Gasteiger partial charge on any atom is 0.275 e. The maximum absolute atomic E-state index is 12.1. The van der Waals surface area contributed by atoms with Crippen molar-refractivity contribution < 1.29 is 15.0 Å². The summed E-state index contributed by atoms with van der Waals surface area (Å²) < 4.78 is 0. The molecule has 0 bridgehead atoms. The molecule has 0 aromatic heterocycles. The zero-order valence-electron chi connectivity index (χ0n) is 12.1. The summed E-state index contributed by atoms with van der Waals surface area (Å²) in [6, 6.07) is 17.0. The molecule has 5 heteroatoms. The van der Waals surface area contributed by atoms with E-state index in [0.717, 1.165) is 16.3 Å². The van der Waals surface area contributed by atoms with Crippen molar-refractivity contribution in [1.29, 1.82) is 0 Å². The molecular formula is C18H14N2O3. The van der Waals surface area contributed by atoms with Crippen molar-refractivity contribution in [1.82, 2.24) is 5.43 Å². The van der Waals surface area contributed by atoms with Crippen molar-refractivity contribution in [3.05, 3.63) is 71.8 Å². The Kier molecular flexibility index (Phi) is 3.93.